The zero-order chi connectivity index (χ0) is 12.8. The molecule has 1 saturated carbocycles. The Kier molecular flexibility index (Phi) is 2.83. The van der Waals surface area contributed by atoms with Crippen molar-refractivity contribution >= 4 is 0 Å². The van der Waals surface area contributed by atoms with Crippen molar-refractivity contribution in [2.24, 2.45) is 5.73 Å². The summed E-state index contributed by atoms with van der Waals surface area (Å²) >= 11 is 0. The van der Waals surface area contributed by atoms with E-state index in [1.807, 2.05) is 19.1 Å². The number of aliphatic hydroxyl groups excluding tert-OH is 1. The highest BCUT2D eigenvalue weighted by atomic mass is 16.5. The van der Waals surface area contributed by atoms with Crippen molar-refractivity contribution < 1.29 is 9.84 Å². The lowest BCUT2D eigenvalue weighted by molar-refractivity contribution is 0.103. The number of hydrogen-bond donors (Lipinski definition) is 2. The normalized spacial score (nSPS) is 23.7. The van der Waals surface area contributed by atoms with Crippen LogP contribution in [0.1, 0.15) is 49.8 Å². The highest BCUT2D eigenvalue weighted by Crippen LogP contribution is 2.45. The molecule has 3 nitrogen and oxygen atoms in total. The predicted octanol–water partition coefficient (Wildman–Crippen LogP) is 2.31. The van der Waals surface area contributed by atoms with Gasteiger partial charge in [-0.1, -0.05) is 6.07 Å². The standard InChI is InChI=1S/C15H21NO2/c1-10(16)14(17)11-4-5-13-12(8-11)9-15(18-13)6-2-3-7-15/h4-5,8,10,14,17H,2-3,6-7,9,16H2,1H3. The van der Waals surface area contributed by atoms with Gasteiger partial charge in [-0.15, -0.1) is 0 Å². The van der Waals surface area contributed by atoms with Gasteiger partial charge in [0.05, 0.1) is 6.10 Å². The molecule has 0 amide bonds. The SMILES string of the molecule is CC(N)C(O)c1ccc2c(c1)CC1(CCCC1)O2. The average Bonchev–Trinajstić information content (AvgIpc) is 2.93. The predicted molar refractivity (Wildman–Crippen MR) is 70.6 cm³/mol. The van der Waals surface area contributed by atoms with Gasteiger partial charge in [-0.2, -0.15) is 0 Å². The molecule has 1 heterocycles. The molecule has 3 N–H and O–H groups in total. The lowest BCUT2D eigenvalue weighted by atomic mass is 9.93. The Morgan fingerprint density at radius 2 is 2.06 bits per heavy atom. The summed E-state index contributed by atoms with van der Waals surface area (Å²) < 4.78 is 6.14. The van der Waals surface area contributed by atoms with Gasteiger partial charge in [0, 0.05) is 12.5 Å². The van der Waals surface area contributed by atoms with Crippen molar-refractivity contribution in [3.63, 3.8) is 0 Å². The third-order valence-electron chi connectivity index (χ3n) is 4.28. The van der Waals surface area contributed by atoms with E-state index in [0.717, 1.165) is 30.6 Å². The van der Waals surface area contributed by atoms with E-state index in [4.69, 9.17) is 10.5 Å². The number of aliphatic hydroxyl groups is 1. The van der Waals surface area contributed by atoms with Crippen LogP contribution in [0.4, 0.5) is 0 Å². The van der Waals surface area contributed by atoms with E-state index in [1.165, 1.54) is 18.4 Å². The molecule has 0 saturated heterocycles. The van der Waals surface area contributed by atoms with Crippen molar-refractivity contribution in [3.05, 3.63) is 29.3 Å². The number of nitrogens with two attached hydrogens (primary N) is 1. The first-order valence-corrected chi connectivity index (χ1v) is 6.85. The van der Waals surface area contributed by atoms with Gasteiger partial charge in [0.15, 0.2) is 0 Å². The summed E-state index contributed by atoms with van der Waals surface area (Å²) in [6.07, 6.45) is 5.25. The third-order valence-corrected chi connectivity index (χ3v) is 4.28. The summed E-state index contributed by atoms with van der Waals surface area (Å²) in [6.45, 7) is 1.83. The fraction of sp³-hybridized carbons (Fsp3) is 0.600. The zero-order valence-electron chi connectivity index (χ0n) is 10.9. The summed E-state index contributed by atoms with van der Waals surface area (Å²) in [4.78, 5) is 0. The van der Waals surface area contributed by atoms with Gasteiger partial charge < -0.3 is 15.6 Å². The smallest absolute Gasteiger partial charge is 0.123 e. The van der Waals surface area contributed by atoms with Crippen LogP contribution in [0.5, 0.6) is 5.75 Å². The van der Waals surface area contributed by atoms with Crippen molar-refractivity contribution in [1.82, 2.24) is 0 Å². The molecule has 3 heteroatoms. The summed E-state index contributed by atoms with van der Waals surface area (Å²) in [5, 5.41) is 10.0. The molecule has 98 valence electrons. The molecule has 18 heavy (non-hydrogen) atoms. The fourth-order valence-corrected chi connectivity index (χ4v) is 3.24. The van der Waals surface area contributed by atoms with Crippen molar-refractivity contribution in [1.29, 1.82) is 0 Å². The Labute approximate surface area is 108 Å². The largest absolute Gasteiger partial charge is 0.487 e. The van der Waals surface area contributed by atoms with E-state index in [1.54, 1.807) is 0 Å². The summed E-state index contributed by atoms with van der Waals surface area (Å²) in [6, 6.07) is 5.74. The average molecular weight is 247 g/mol. The van der Waals surface area contributed by atoms with Crippen molar-refractivity contribution in [2.45, 2.75) is 56.8 Å². The number of hydrogen-bond acceptors (Lipinski definition) is 3. The van der Waals surface area contributed by atoms with Gasteiger partial charge in [-0.05, 0) is 55.9 Å². The maximum absolute atomic E-state index is 10.0. The fourth-order valence-electron chi connectivity index (χ4n) is 3.24. The number of rotatable bonds is 2. The van der Waals surface area contributed by atoms with Crippen LogP contribution in [0.15, 0.2) is 18.2 Å². The van der Waals surface area contributed by atoms with E-state index < -0.39 is 6.10 Å². The Hall–Kier alpha value is -1.06. The molecule has 1 fully saturated rings. The summed E-state index contributed by atoms with van der Waals surface area (Å²) in [7, 11) is 0. The minimum absolute atomic E-state index is 0.0558. The molecule has 1 aromatic carbocycles. The Morgan fingerprint density at radius 3 is 2.72 bits per heavy atom. The van der Waals surface area contributed by atoms with Crippen LogP contribution in [0.3, 0.4) is 0 Å². The minimum atomic E-state index is -0.588. The maximum Gasteiger partial charge on any atom is 0.123 e. The monoisotopic (exact) mass is 247 g/mol. The second-order valence-electron chi connectivity index (χ2n) is 5.84. The molecule has 0 aromatic heterocycles. The maximum atomic E-state index is 10.0. The molecule has 0 bridgehead atoms. The van der Waals surface area contributed by atoms with Gasteiger partial charge in [0.25, 0.3) is 0 Å². The molecular weight excluding hydrogens is 226 g/mol. The van der Waals surface area contributed by atoms with Crippen LogP contribution in [0.25, 0.3) is 0 Å². The molecule has 1 aliphatic heterocycles. The molecular formula is C15H21NO2. The lowest BCUT2D eigenvalue weighted by Crippen LogP contribution is -2.29. The highest BCUT2D eigenvalue weighted by Gasteiger charge is 2.41. The number of ether oxygens (including phenoxy) is 1. The second-order valence-corrected chi connectivity index (χ2v) is 5.84. The Balaban J connectivity index is 1.86. The van der Waals surface area contributed by atoms with E-state index >= 15 is 0 Å². The topological polar surface area (TPSA) is 55.5 Å². The molecule has 2 unspecified atom stereocenters. The first-order valence-electron chi connectivity index (χ1n) is 6.85. The van der Waals surface area contributed by atoms with Gasteiger partial charge >= 0.3 is 0 Å². The molecule has 1 spiro atoms. The van der Waals surface area contributed by atoms with Crippen molar-refractivity contribution in [2.75, 3.05) is 0 Å². The highest BCUT2D eigenvalue weighted by molar-refractivity contribution is 5.43. The summed E-state index contributed by atoms with van der Waals surface area (Å²) in [5.74, 6) is 0.998. The van der Waals surface area contributed by atoms with Gasteiger partial charge in [-0.3, -0.25) is 0 Å². The number of benzene rings is 1. The summed E-state index contributed by atoms with van der Waals surface area (Å²) in [5.41, 5.74) is 7.94. The van der Waals surface area contributed by atoms with E-state index in [9.17, 15) is 5.11 Å². The van der Waals surface area contributed by atoms with E-state index in [2.05, 4.69) is 6.07 Å². The van der Waals surface area contributed by atoms with Crippen LogP contribution >= 0.6 is 0 Å². The third kappa shape index (κ3) is 1.91. The van der Waals surface area contributed by atoms with Crippen LogP contribution in [0, 0.1) is 0 Å². The first kappa shape index (κ1) is 12.0. The molecule has 1 aromatic rings. The van der Waals surface area contributed by atoms with Crippen LogP contribution in [-0.2, 0) is 6.42 Å². The first-order chi connectivity index (χ1) is 8.60. The van der Waals surface area contributed by atoms with E-state index in [-0.39, 0.29) is 11.6 Å². The lowest BCUT2D eigenvalue weighted by Gasteiger charge is -2.22. The molecule has 0 radical (unpaired) electrons. The quantitative estimate of drug-likeness (QED) is 0.843. The van der Waals surface area contributed by atoms with Gasteiger partial charge in [0.1, 0.15) is 11.4 Å². The van der Waals surface area contributed by atoms with Gasteiger partial charge in [-0.25, -0.2) is 0 Å². The Bertz CT molecular complexity index is 450. The van der Waals surface area contributed by atoms with Crippen molar-refractivity contribution in [3.8, 4) is 5.75 Å². The minimum Gasteiger partial charge on any atom is -0.487 e. The van der Waals surface area contributed by atoms with E-state index in [0.29, 0.717) is 0 Å². The van der Waals surface area contributed by atoms with Crippen LogP contribution in [0.2, 0.25) is 0 Å². The molecule has 3 rings (SSSR count). The van der Waals surface area contributed by atoms with Crippen LogP contribution in [-0.4, -0.2) is 16.7 Å². The van der Waals surface area contributed by atoms with Gasteiger partial charge in [0.2, 0.25) is 0 Å². The molecule has 2 aliphatic rings. The zero-order valence-corrected chi connectivity index (χ0v) is 10.9. The number of fused-ring (bicyclic) bond motifs is 1. The second kappa shape index (κ2) is 4.25. The van der Waals surface area contributed by atoms with Crippen LogP contribution < -0.4 is 10.5 Å². The molecule has 2 atom stereocenters. The molecule has 1 aliphatic carbocycles. The Morgan fingerprint density at radius 1 is 1.33 bits per heavy atom.